The summed E-state index contributed by atoms with van der Waals surface area (Å²) in [6.45, 7) is 9.33. The van der Waals surface area contributed by atoms with Crippen molar-refractivity contribution < 1.29 is 19.4 Å². The van der Waals surface area contributed by atoms with Crippen molar-refractivity contribution in [1.82, 2.24) is 4.90 Å². The molecule has 0 aliphatic carbocycles. The standard InChI is InChI=1S/C11H19NO4/c1-10(2,3)16-9(15)12-6-11(4,5)7(12)8(13)14/h7H,6H2,1-5H3,(H,13,14)/t7-/m0/s1. The van der Waals surface area contributed by atoms with Crippen LogP contribution in [0.3, 0.4) is 0 Å². The molecular weight excluding hydrogens is 210 g/mol. The van der Waals surface area contributed by atoms with Gasteiger partial charge < -0.3 is 9.84 Å². The molecule has 0 spiro atoms. The van der Waals surface area contributed by atoms with Gasteiger partial charge in [-0.1, -0.05) is 13.8 Å². The van der Waals surface area contributed by atoms with Crippen LogP contribution in [0.4, 0.5) is 4.79 Å². The molecule has 1 aliphatic heterocycles. The van der Waals surface area contributed by atoms with Crippen molar-refractivity contribution in [3.05, 3.63) is 0 Å². The lowest BCUT2D eigenvalue weighted by Crippen LogP contribution is -2.67. The monoisotopic (exact) mass is 229 g/mol. The molecule has 1 N–H and O–H groups in total. The number of carbonyl (C=O) groups excluding carboxylic acids is 1. The van der Waals surface area contributed by atoms with E-state index in [0.717, 1.165) is 0 Å². The molecule has 5 nitrogen and oxygen atoms in total. The molecule has 5 heteroatoms. The lowest BCUT2D eigenvalue weighted by atomic mass is 9.75. The van der Waals surface area contributed by atoms with Gasteiger partial charge in [-0.2, -0.15) is 0 Å². The Bertz CT molecular complexity index is 316. The smallest absolute Gasteiger partial charge is 0.411 e. The number of likely N-dealkylation sites (tertiary alicyclic amines) is 1. The van der Waals surface area contributed by atoms with Crippen molar-refractivity contribution in [2.75, 3.05) is 6.54 Å². The van der Waals surface area contributed by atoms with E-state index >= 15 is 0 Å². The van der Waals surface area contributed by atoms with Crippen LogP contribution in [0.5, 0.6) is 0 Å². The molecule has 0 aromatic heterocycles. The Morgan fingerprint density at radius 2 is 1.88 bits per heavy atom. The molecule has 92 valence electrons. The second-order valence-corrected chi connectivity index (χ2v) is 5.84. The second kappa shape index (κ2) is 3.64. The van der Waals surface area contributed by atoms with E-state index in [1.807, 2.05) is 13.8 Å². The van der Waals surface area contributed by atoms with Gasteiger partial charge >= 0.3 is 12.1 Å². The Morgan fingerprint density at radius 1 is 1.38 bits per heavy atom. The number of rotatable bonds is 1. The molecule has 16 heavy (non-hydrogen) atoms. The molecule has 0 aromatic rings. The molecule has 1 amide bonds. The second-order valence-electron chi connectivity index (χ2n) is 5.84. The van der Waals surface area contributed by atoms with Crippen molar-refractivity contribution in [1.29, 1.82) is 0 Å². The fourth-order valence-electron chi connectivity index (χ4n) is 1.88. The lowest BCUT2D eigenvalue weighted by molar-refractivity contribution is -0.159. The summed E-state index contributed by atoms with van der Waals surface area (Å²) in [6, 6.07) is -0.789. The summed E-state index contributed by atoms with van der Waals surface area (Å²) >= 11 is 0. The summed E-state index contributed by atoms with van der Waals surface area (Å²) in [6.07, 6.45) is -0.556. The van der Waals surface area contributed by atoms with E-state index < -0.39 is 23.7 Å². The Labute approximate surface area is 95.4 Å². The number of ether oxygens (including phenoxy) is 1. The number of carboxylic acids is 1. The predicted molar refractivity (Wildman–Crippen MR) is 58.1 cm³/mol. The molecule has 1 saturated heterocycles. The first-order chi connectivity index (χ1) is 7.04. The largest absolute Gasteiger partial charge is 0.480 e. The van der Waals surface area contributed by atoms with Crippen molar-refractivity contribution in [2.24, 2.45) is 5.41 Å². The van der Waals surface area contributed by atoms with Crippen LogP contribution in [-0.4, -0.2) is 40.3 Å². The van der Waals surface area contributed by atoms with Gasteiger partial charge in [-0.05, 0) is 20.8 Å². The molecule has 0 aromatic carbocycles. The summed E-state index contributed by atoms with van der Waals surface area (Å²) in [5.74, 6) is -0.984. The summed E-state index contributed by atoms with van der Waals surface area (Å²) in [5.41, 5.74) is -0.984. The third-order valence-electron chi connectivity index (χ3n) is 2.49. The van der Waals surface area contributed by atoms with Crippen LogP contribution in [0.25, 0.3) is 0 Å². The van der Waals surface area contributed by atoms with Gasteiger partial charge in [0.2, 0.25) is 0 Å². The molecule has 1 atom stereocenters. The number of carbonyl (C=O) groups is 2. The van der Waals surface area contributed by atoms with E-state index in [-0.39, 0.29) is 5.41 Å². The normalized spacial score (nSPS) is 23.6. The highest BCUT2D eigenvalue weighted by Crippen LogP contribution is 2.37. The third-order valence-corrected chi connectivity index (χ3v) is 2.49. The molecule has 0 saturated carbocycles. The van der Waals surface area contributed by atoms with Crippen molar-refractivity contribution >= 4 is 12.1 Å². The van der Waals surface area contributed by atoms with Crippen molar-refractivity contribution in [2.45, 2.75) is 46.3 Å². The highest BCUT2D eigenvalue weighted by molar-refractivity contribution is 5.83. The first kappa shape index (κ1) is 12.8. The van der Waals surface area contributed by atoms with Crippen LogP contribution in [0, 0.1) is 5.41 Å². The van der Waals surface area contributed by atoms with E-state index in [1.165, 1.54) is 4.90 Å². The SMILES string of the molecule is CC(C)(C)OC(=O)N1CC(C)(C)[C@@H]1C(=O)O. The molecule has 0 bridgehead atoms. The molecule has 1 fully saturated rings. The van der Waals surface area contributed by atoms with Crippen LogP contribution in [0.1, 0.15) is 34.6 Å². The fraction of sp³-hybridized carbons (Fsp3) is 0.818. The first-order valence-electron chi connectivity index (χ1n) is 5.27. The summed E-state index contributed by atoms with van der Waals surface area (Å²) < 4.78 is 5.14. The average Bonchev–Trinajstić information content (AvgIpc) is 1.95. The summed E-state index contributed by atoms with van der Waals surface area (Å²) in [4.78, 5) is 24.0. The number of aliphatic carboxylic acids is 1. The molecular formula is C11H19NO4. The maximum absolute atomic E-state index is 11.7. The third kappa shape index (κ3) is 2.46. The maximum atomic E-state index is 11.7. The van der Waals surface area contributed by atoms with Gasteiger partial charge in [0.05, 0.1) is 0 Å². The van der Waals surface area contributed by atoms with Gasteiger partial charge in [-0.25, -0.2) is 9.59 Å². The zero-order chi connectivity index (χ0) is 12.7. The topological polar surface area (TPSA) is 66.8 Å². The number of amides is 1. The Morgan fingerprint density at radius 3 is 2.19 bits per heavy atom. The number of carboxylic acid groups (broad SMARTS) is 1. The number of nitrogens with zero attached hydrogens (tertiary/aromatic N) is 1. The van der Waals surface area contributed by atoms with Crippen LogP contribution < -0.4 is 0 Å². The zero-order valence-electron chi connectivity index (χ0n) is 10.4. The van der Waals surface area contributed by atoms with Crippen LogP contribution in [0.2, 0.25) is 0 Å². The van der Waals surface area contributed by atoms with Gasteiger partial charge in [0.15, 0.2) is 0 Å². The van der Waals surface area contributed by atoms with Gasteiger partial charge in [0.1, 0.15) is 11.6 Å². The van der Waals surface area contributed by atoms with E-state index in [9.17, 15) is 9.59 Å². The minimum absolute atomic E-state index is 0.386. The summed E-state index contributed by atoms with van der Waals surface area (Å²) in [7, 11) is 0. The quantitative estimate of drug-likeness (QED) is 0.743. The van der Waals surface area contributed by atoms with Crippen LogP contribution in [-0.2, 0) is 9.53 Å². The lowest BCUT2D eigenvalue weighted by Gasteiger charge is -2.51. The molecule has 0 radical (unpaired) electrons. The summed E-state index contributed by atoms with van der Waals surface area (Å²) in [5, 5.41) is 9.04. The van der Waals surface area contributed by atoms with E-state index in [4.69, 9.17) is 9.84 Å². The Hall–Kier alpha value is -1.26. The van der Waals surface area contributed by atoms with E-state index in [0.29, 0.717) is 6.54 Å². The fourth-order valence-corrected chi connectivity index (χ4v) is 1.88. The highest BCUT2D eigenvalue weighted by atomic mass is 16.6. The molecule has 0 unspecified atom stereocenters. The predicted octanol–water partition coefficient (Wildman–Crippen LogP) is 1.72. The van der Waals surface area contributed by atoms with Gasteiger partial charge in [0, 0.05) is 12.0 Å². The number of hydrogen-bond donors (Lipinski definition) is 1. The van der Waals surface area contributed by atoms with Crippen molar-refractivity contribution in [3.63, 3.8) is 0 Å². The Balaban J connectivity index is 2.70. The van der Waals surface area contributed by atoms with E-state index in [1.54, 1.807) is 20.8 Å². The minimum Gasteiger partial charge on any atom is -0.480 e. The number of hydrogen-bond acceptors (Lipinski definition) is 3. The zero-order valence-corrected chi connectivity index (χ0v) is 10.4. The molecule has 1 aliphatic rings. The minimum atomic E-state index is -0.984. The average molecular weight is 229 g/mol. The van der Waals surface area contributed by atoms with Gasteiger partial charge in [-0.3, -0.25) is 4.90 Å². The molecule has 1 rings (SSSR count). The van der Waals surface area contributed by atoms with Gasteiger partial charge in [-0.15, -0.1) is 0 Å². The highest BCUT2D eigenvalue weighted by Gasteiger charge is 2.53. The van der Waals surface area contributed by atoms with E-state index in [2.05, 4.69) is 0 Å². The van der Waals surface area contributed by atoms with Crippen LogP contribution in [0.15, 0.2) is 0 Å². The molecule has 1 heterocycles. The first-order valence-corrected chi connectivity index (χ1v) is 5.27. The van der Waals surface area contributed by atoms with Crippen molar-refractivity contribution in [3.8, 4) is 0 Å². The Kier molecular flexibility index (Phi) is 2.92. The maximum Gasteiger partial charge on any atom is 0.411 e. The van der Waals surface area contributed by atoms with Crippen LogP contribution >= 0.6 is 0 Å². The van der Waals surface area contributed by atoms with Gasteiger partial charge in [0.25, 0.3) is 0 Å².